The molecule has 1 aromatic carbocycles. The molecule has 8 nitrogen and oxygen atoms in total. The number of halogens is 1. The maximum absolute atomic E-state index is 12.1. The summed E-state index contributed by atoms with van der Waals surface area (Å²) in [5, 5.41) is 13.7. The van der Waals surface area contributed by atoms with Crippen molar-refractivity contribution < 1.29 is 9.53 Å². The highest BCUT2D eigenvalue weighted by Crippen LogP contribution is 2.29. The van der Waals surface area contributed by atoms with Gasteiger partial charge >= 0.3 is 5.97 Å². The molecule has 24 heavy (non-hydrogen) atoms. The van der Waals surface area contributed by atoms with Crippen LogP contribution in [-0.4, -0.2) is 32.4 Å². The van der Waals surface area contributed by atoms with E-state index in [9.17, 15) is 10.1 Å². The van der Waals surface area contributed by atoms with Gasteiger partial charge in [-0.15, -0.1) is 0 Å². The first-order valence-corrected chi connectivity index (χ1v) is 7.08. The van der Waals surface area contributed by atoms with E-state index in [-0.39, 0.29) is 16.9 Å². The highest BCUT2D eigenvalue weighted by molar-refractivity contribution is 6.30. The molecule has 0 atom stereocenters. The van der Waals surface area contributed by atoms with Crippen molar-refractivity contribution in [1.29, 1.82) is 5.26 Å². The zero-order valence-corrected chi connectivity index (χ0v) is 13.2. The summed E-state index contributed by atoms with van der Waals surface area (Å²) in [5.41, 5.74) is 7.25. The lowest BCUT2D eigenvalue weighted by molar-refractivity contribution is 0.0593. The fourth-order valence-corrected chi connectivity index (χ4v) is 2.49. The summed E-state index contributed by atoms with van der Waals surface area (Å²) in [6.07, 6.45) is 4.33. The van der Waals surface area contributed by atoms with E-state index >= 15 is 0 Å². The van der Waals surface area contributed by atoms with Crippen molar-refractivity contribution >= 4 is 23.3 Å². The number of nitrogen functional groups attached to an aromatic ring is 1. The van der Waals surface area contributed by atoms with E-state index in [2.05, 4.69) is 10.1 Å². The molecule has 0 aliphatic rings. The number of rotatable bonds is 3. The van der Waals surface area contributed by atoms with Crippen LogP contribution in [-0.2, 0) is 4.74 Å². The van der Waals surface area contributed by atoms with E-state index in [0.29, 0.717) is 16.4 Å². The van der Waals surface area contributed by atoms with Crippen LogP contribution in [0.3, 0.4) is 0 Å². The second-order valence-corrected chi connectivity index (χ2v) is 5.19. The van der Waals surface area contributed by atoms with Gasteiger partial charge in [0, 0.05) is 11.2 Å². The zero-order chi connectivity index (χ0) is 17.3. The van der Waals surface area contributed by atoms with Crippen LogP contribution in [0.2, 0.25) is 5.02 Å². The van der Waals surface area contributed by atoms with Gasteiger partial charge in [0.1, 0.15) is 18.7 Å². The largest absolute Gasteiger partial charge is 0.464 e. The minimum absolute atomic E-state index is 0.0360. The number of carbonyl (C=O) groups is 1. The van der Waals surface area contributed by atoms with Gasteiger partial charge in [-0.05, 0) is 18.2 Å². The molecule has 3 aromatic rings. The number of ether oxygens (including phenoxy) is 1. The molecular formula is C15H11ClN6O2. The van der Waals surface area contributed by atoms with Gasteiger partial charge in [-0.2, -0.15) is 10.4 Å². The first-order valence-electron chi connectivity index (χ1n) is 6.71. The number of nitrogens with two attached hydrogens (primary N) is 1. The van der Waals surface area contributed by atoms with Gasteiger partial charge in [-0.1, -0.05) is 11.6 Å². The van der Waals surface area contributed by atoms with E-state index in [0.717, 1.165) is 0 Å². The lowest BCUT2D eigenvalue weighted by Gasteiger charge is -2.13. The third kappa shape index (κ3) is 2.47. The maximum Gasteiger partial charge on any atom is 0.357 e. The van der Waals surface area contributed by atoms with E-state index in [1.807, 2.05) is 6.07 Å². The van der Waals surface area contributed by atoms with Crippen LogP contribution in [0.4, 0.5) is 5.69 Å². The van der Waals surface area contributed by atoms with Gasteiger partial charge in [0.15, 0.2) is 5.69 Å². The van der Waals surface area contributed by atoms with Crippen LogP contribution in [0.15, 0.2) is 37.1 Å². The number of carbonyl (C=O) groups excluding carboxylic acids is 1. The third-order valence-electron chi connectivity index (χ3n) is 3.41. The molecule has 0 fully saturated rings. The molecule has 2 heterocycles. The summed E-state index contributed by atoms with van der Waals surface area (Å²) in [6, 6.07) is 6.98. The monoisotopic (exact) mass is 342 g/mol. The molecule has 0 spiro atoms. The summed E-state index contributed by atoms with van der Waals surface area (Å²) in [6.45, 7) is 0. The Hall–Kier alpha value is -3.31. The molecule has 120 valence electrons. The Labute approximate surface area is 141 Å². The molecule has 0 aliphatic carbocycles. The topological polar surface area (TPSA) is 112 Å². The first-order chi connectivity index (χ1) is 11.6. The Kier molecular flexibility index (Phi) is 3.93. The maximum atomic E-state index is 12.1. The standard InChI is InChI=1S/C15H11ClN6O2/c1-24-15(23)14-13(18)9(5-17)6-21(14)12-4-10(16)2-3-11(12)22-8-19-7-20-22/h2-4,6-8H,18H2,1H3. The number of anilines is 1. The zero-order valence-electron chi connectivity index (χ0n) is 12.5. The molecule has 0 saturated carbocycles. The van der Waals surface area contributed by atoms with Gasteiger partial charge < -0.3 is 15.0 Å². The van der Waals surface area contributed by atoms with Crippen molar-refractivity contribution in [3.8, 4) is 17.4 Å². The lowest BCUT2D eigenvalue weighted by atomic mass is 10.2. The summed E-state index contributed by atoms with van der Waals surface area (Å²) in [7, 11) is 1.24. The lowest BCUT2D eigenvalue weighted by Crippen LogP contribution is -2.13. The Bertz CT molecular complexity index is 955. The molecular weight excluding hydrogens is 332 g/mol. The average molecular weight is 343 g/mol. The molecule has 2 N–H and O–H groups in total. The first kappa shape index (κ1) is 15.6. The van der Waals surface area contributed by atoms with Crippen molar-refractivity contribution in [3.63, 3.8) is 0 Å². The third-order valence-corrected chi connectivity index (χ3v) is 3.64. The van der Waals surface area contributed by atoms with Crippen LogP contribution in [0.1, 0.15) is 16.1 Å². The summed E-state index contributed by atoms with van der Waals surface area (Å²) in [5.74, 6) is -0.668. The van der Waals surface area contributed by atoms with Crippen molar-refractivity contribution in [2.45, 2.75) is 0 Å². The second-order valence-electron chi connectivity index (χ2n) is 4.75. The summed E-state index contributed by atoms with van der Waals surface area (Å²) >= 11 is 6.10. The number of esters is 1. The van der Waals surface area contributed by atoms with E-state index in [1.165, 1.54) is 35.2 Å². The number of hydrogen-bond acceptors (Lipinski definition) is 6. The predicted molar refractivity (Wildman–Crippen MR) is 86.2 cm³/mol. The Morgan fingerprint density at radius 1 is 1.42 bits per heavy atom. The summed E-state index contributed by atoms with van der Waals surface area (Å²) in [4.78, 5) is 16.0. The van der Waals surface area contributed by atoms with Crippen LogP contribution < -0.4 is 5.73 Å². The fraction of sp³-hybridized carbons (Fsp3) is 0.0667. The molecule has 3 rings (SSSR count). The number of benzene rings is 1. The fourth-order valence-electron chi connectivity index (χ4n) is 2.32. The van der Waals surface area contributed by atoms with Gasteiger partial charge in [0.05, 0.1) is 29.7 Å². The highest BCUT2D eigenvalue weighted by Gasteiger charge is 2.23. The molecule has 0 amide bonds. The van der Waals surface area contributed by atoms with Crippen LogP contribution in [0.5, 0.6) is 0 Å². The SMILES string of the molecule is COC(=O)c1c(N)c(C#N)cn1-c1cc(Cl)ccc1-n1cncn1. The molecule has 0 radical (unpaired) electrons. The molecule has 0 bridgehead atoms. The Balaban J connectivity index is 2.33. The smallest absolute Gasteiger partial charge is 0.357 e. The quantitative estimate of drug-likeness (QED) is 0.728. The van der Waals surface area contributed by atoms with Gasteiger partial charge in [0.25, 0.3) is 0 Å². The molecule has 9 heteroatoms. The number of nitrogens with zero attached hydrogens (tertiary/aromatic N) is 5. The van der Waals surface area contributed by atoms with Gasteiger partial charge in [-0.3, -0.25) is 0 Å². The van der Waals surface area contributed by atoms with Gasteiger partial charge in [-0.25, -0.2) is 14.5 Å². The number of methoxy groups -OCH3 is 1. The highest BCUT2D eigenvalue weighted by atomic mass is 35.5. The van der Waals surface area contributed by atoms with Crippen molar-refractivity contribution in [1.82, 2.24) is 19.3 Å². The normalized spacial score (nSPS) is 10.4. The molecule has 0 aliphatic heterocycles. The minimum Gasteiger partial charge on any atom is -0.464 e. The van der Waals surface area contributed by atoms with Crippen LogP contribution in [0, 0.1) is 11.3 Å². The van der Waals surface area contributed by atoms with Crippen LogP contribution >= 0.6 is 11.6 Å². The van der Waals surface area contributed by atoms with E-state index in [4.69, 9.17) is 22.1 Å². The molecule has 2 aromatic heterocycles. The molecule has 0 unspecified atom stereocenters. The van der Waals surface area contributed by atoms with Crippen LogP contribution in [0.25, 0.3) is 11.4 Å². The number of nitriles is 1. The average Bonchev–Trinajstić information content (AvgIpc) is 3.22. The van der Waals surface area contributed by atoms with Crippen molar-refractivity contribution in [2.24, 2.45) is 0 Å². The summed E-state index contributed by atoms with van der Waals surface area (Å²) < 4.78 is 7.75. The van der Waals surface area contributed by atoms with E-state index < -0.39 is 5.97 Å². The van der Waals surface area contributed by atoms with E-state index in [1.54, 1.807) is 18.2 Å². The predicted octanol–water partition coefficient (Wildman–Crippen LogP) is 1.95. The van der Waals surface area contributed by atoms with Crippen molar-refractivity contribution in [3.05, 3.63) is 53.3 Å². The van der Waals surface area contributed by atoms with Gasteiger partial charge in [0.2, 0.25) is 0 Å². The Morgan fingerprint density at radius 2 is 2.21 bits per heavy atom. The van der Waals surface area contributed by atoms with Crippen molar-refractivity contribution in [2.75, 3.05) is 12.8 Å². The molecule has 0 saturated heterocycles. The minimum atomic E-state index is -0.668. The number of hydrogen-bond donors (Lipinski definition) is 1. The number of aromatic nitrogens is 4. The second kappa shape index (κ2) is 6.06. The Morgan fingerprint density at radius 3 is 2.83 bits per heavy atom.